The molecule has 0 bridgehead atoms. The van der Waals surface area contributed by atoms with Crippen LogP contribution in [0, 0.1) is 5.41 Å². The molecule has 1 aromatic carbocycles. The molecule has 0 fully saturated rings. The topological polar surface area (TPSA) is 71.2 Å². The lowest BCUT2D eigenvalue weighted by molar-refractivity contribution is 0.0697. The highest BCUT2D eigenvalue weighted by Crippen LogP contribution is 2.22. The average Bonchev–Trinajstić information content (AvgIpc) is 2.69. The van der Waals surface area contributed by atoms with Gasteiger partial charge in [0.25, 0.3) is 0 Å². The number of aromatic carboxylic acids is 1. The number of benzene rings is 1. The molecule has 0 unspecified atom stereocenters. The predicted molar refractivity (Wildman–Crippen MR) is 76.8 cm³/mol. The third kappa shape index (κ3) is 3.14. The first-order valence-electron chi connectivity index (χ1n) is 6.50. The van der Waals surface area contributed by atoms with Crippen molar-refractivity contribution < 1.29 is 9.90 Å². The highest BCUT2D eigenvalue weighted by atomic mass is 16.4. The minimum Gasteiger partial charge on any atom is -0.478 e. The van der Waals surface area contributed by atoms with Crippen LogP contribution in [0.5, 0.6) is 0 Å². The molecule has 2 rings (SSSR count). The molecule has 20 heavy (non-hydrogen) atoms. The van der Waals surface area contributed by atoms with Gasteiger partial charge in [-0.25, -0.2) is 9.48 Å². The van der Waals surface area contributed by atoms with Gasteiger partial charge in [-0.2, -0.15) is 0 Å². The summed E-state index contributed by atoms with van der Waals surface area (Å²) in [6, 6.07) is 4.87. The molecule has 0 saturated heterocycles. The van der Waals surface area contributed by atoms with E-state index in [0.29, 0.717) is 6.54 Å². The number of nitrogens with zero attached hydrogens (tertiary/aromatic N) is 4. The Bertz CT molecular complexity index is 631. The van der Waals surface area contributed by atoms with Gasteiger partial charge in [0.05, 0.1) is 11.1 Å². The minimum absolute atomic E-state index is 0.0172. The molecule has 0 aliphatic carbocycles. The van der Waals surface area contributed by atoms with Crippen molar-refractivity contribution in [1.82, 2.24) is 19.9 Å². The minimum atomic E-state index is -0.938. The summed E-state index contributed by atoms with van der Waals surface area (Å²) in [7, 11) is 4.06. The molecule has 108 valence electrons. The lowest BCUT2D eigenvalue weighted by Gasteiger charge is -2.28. The zero-order valence-corrected chi connectivity index (χ0v) is 12.3. The van der Waals surface area contributed by atoms with E-state index in [-0.39, 0.29) is 11.0 Å². The van der Waals surface area contributed by atoms with Gasteiger partial charge in [-0.3, -0.25) is 0 Å². The summed E-state index contributed by atoms with van der Waals surface area (Å²) in [5, 5.41) is 17.3. The average molecular weight is 276 g/mol. The second-order valence-electron chi connectivity index (χ2n) is 6.16. The second-order valence-corrected chi connectivity index (χ2v) is 6.16. The molecule has 1 aromatic heterocycles. The fraction of sp³-hybridized carbons (Fsp3) is 0.500. The van der Waals surface area contributed by atoms with Crippen LogP contribution >= 0.6 is 0 Å². The molecule has 0 aliphatic rings. The van der Waals surface area contributed by atoms with Gasteiger partial charge in [0, 0.05) is 13.1 Å². The number of carboxylic acid groups (broad SMARTS) is 1. The standard InChI is InChI=1S/C14H20N4O2/c1-14(2,8-17(3)4)9-18-12-7-10(13(19)20)5-6-11(12)15-16-18/h5-7H,8-9H2,1-4H3,(H,19,20). The maximum Gasteiger partial charge on any atom is 0.335 e. The van der Waals surface area contributed by atoms with Gasteiger partial charge in [-0.05, 0) is 37.7 Å². The lowest BCUT2D eigenvalue weighted by Crippen LogP contribution is -2.32. The molecule has 6 heteroatoms. The number of hydrogen-bond acceptors (Lipinski definition) is 4. The van der Waals surface area contributed by atoms with Gasteiger partial charge in [-0.1, -0.05) is 19.1 Å². The Balaban J connectivity index is 2.35. The van der Waals surface area contributed by atoms with E-state index in [1.54, 1.807) is 22.9 Å². The van der Waals surface area contributed by atoms with E-state index < -0.39 is 5.97 Å². The molecule has 0 aliphatic heterocycles. The van der Waals surface area contributed by atoms with Crippen LogP contribution in [0.4, 0.5) is 0 Å². The van der Waals surface area contributed by atoms with Crippen molar-refractivity contribution in [3.05, 3.63) is 23.8 Å². The molecule has 0 atom stereocenters. The lowest BCUT2D eigenvalue weighted by atomic mass is 9.93. The summed E-state index contributed by atoms with van der Waals surface area (Å²) in [4.78, 5) is 13.2. The Morgan fingerprint density at radius 1 is 1.40 bits per heavy atom. The van der Waals surface area contributed by atoms with Gasteiger partial charge in [0.2, 0.25) is 0 Å². The van der Waals surface area contributed by atoms with Gasteiger partial charge in [0.15, 0.2) is 0 Å². The van der Waals surface area contributed by atoms with Crippen molar-refractivity contribution in [2.24, 2.45) is 5.41 Å². The number of rotatable bonds is 5. The number of hydrogen-bond donors (Lipinski definition) is 1. The van der Waals surface area contributed by atoms with Crippen molar-refractivity contribution >= 4 is 17.0 Å². The number of carbonyl (C=O) groups is 1. The SMILES string of the molecule is CN(C)CC(C)(C)Cn1nnc2ccc(C(=O)O)cc21. The van der Waals surface area contributed by atoms with Crippen LogP contribution in [0.25, 0.3) is 11.0 Å². The molecule has 0 spiro atoms. The van der Waals surface area contributed by atoms with Crippen molar-refractivity contribution in [3.8, 4) is 0 Å². The number of carboxylic acids is 1. The first kappa shape index (κ1) is 14.5. The quantitative estimate of drug-likeness (QED) is 0.900. The van der Waals surface area contributed by atoms with Crippen LogP contribution in [0.1, 0.15) is 24.2 Å². The molecule has 1 heterocycles. The van der Waals surface area contributed by atoms with Crippen LogP contribution in [0.15, 0.2) is 18.2 Å². The Hall–Kier alpha value is -1.95. The summed E-state index contributed by atoms with van der Waals surface area (Å²) in [6.45, 7) is 5.90. The molecule has 6 nitrogen and oxygen atoms in total. The van der Waals surface area contributed by atoms with Crippen molar-refractivity contribution in [2.45, 2.75) is 20.4 Å². The van der Waals surface area contributed by atoms with Crippen LogP contribution in [0.3, 0.4) is 0 Å². The summed E-state index contributed by atoms with van der Waals surface area (Å²) in [6.07, 6.45) is 0. The number of aromatic nitrogens is 3. The van der Waals surface area contributed by atoms with Crippen LogP contribution in [0.2, 0.25) is 0 Å². The third-order valence-corrected chi connectivity index (χ3v) is 3.08. The summed E-state index contributed by atoms with van der Waals surface area (Å²) >= 11 is 0. The van der Waals surface area contributed by atoms with Gasteiger partial charge >= 0.3 is 5.97 Å². The van der Waals surface area contributed by atoms with Crippen LogP contribution in [-0.4, -0.2) is 51.6 Å². The van der Waals surface area contributed by atoms with Gasteiger partial charge in [0.1, 0.15) is 5.52 Å². The largest absolute Gasteiger partial charge is 0.478 e. The first-order valence-corrected chi connectivity index (χ1v) is 6.50. The molecule has 0 radical (unpaired) electrons. The van der Waals surface area contributed by atoms with Gasteiger partial charge < -0.3 is 10.0 Å². The van der Waals surface area contributed by atoms with Crippen molar-refractivity contribution in [3.63, 3.8) is 0 Å². The maximum absolute atomic E-state index is 11.1. The van der Waals surface area contributed by atoms with E-state index in [4.69, 9.17) is 5.11 Å². The van der Waals surface area contributed by atoms with Crippen LogP contribution < -0.4 is 0 Å². The van der Waals surface area contributed by atoms with Crippen molar-refractivity contribution in [2.75, 3.05) is 20.6 Å². The highest BCUT2D eigenvalue weighted by molar-refractivity contribution is 5.92. The maximum atomic E-state index is 11.1. The fourth-order valence-electron chi connectivity index (χ4n) is 2.53. The van der Waals surface area contributed by atoms with Crippen LogP contribution in [-0.2, 0) is 6.54 Å². The third-order valence-electron chi connectivity index (χ3n) is 3.08. The monoisotopic (exact) mass is 276 g/mol. The molecule has 1 N–H and O–H groups in total. The van der Waals surface area contributed by atoms with Crippen molar-refractivity contribution in [1.29, 1.82) is 0 Å². The molecular formula is C14H20N4O2. The normalized spacial score (nSPS) is 12.2. The van der Waals surface area contributed by atoms with E-state index in [2.05, 4.69) is 29.1 Å². The Labute approximate surface area is 118 Å². The molecular weight excluding hydrogens is 256 g/mol. The summed E-state index contributed by atoms with van der Waals surface area (Å²) in [5.41, 5.74) is 1.75. The molecule has 0 amide bonds. The Morgan fingerprint density at radius 3 is 2.70 bits per heavy atom. The van der Waals surface area contributed by atoms with E-state index in [9.17, 15) is 4.79 Å². The first-order chi connectivity index (χ1) is 9.28. The second kappa shape index (κ2) is 5.20. The van der Waals surface area contributed by atoms with E-state index in [0.717, 1.165) is 17.6 Å². The zero-order chi connectivity index (χ0) is 14.9. The fourth-order valence-corrected chi connectivity index (χ4v) is 2.53. The van der Waals surface area contributed by atoms with E-state index in [1.807, 2.05) is 14.1 Å². The molecule has 0 saturated carbocycles. The zero-order valence-electron chi connectivity index (χ0n) is 12.3. The smallest absolute Gasteiger partial charge is 0.335 e. The van der Waals surface area contributed by atoms with E-state index >= 15 is 0 Å². The number of fused-ring (bicyclic) bond motifs is 1. The summed E-state index contributed by atoms with van der Waals surface area (Å²) in [5.74, 6) is -0.938. The predicted octanol–water partition coefficient (Wildman–Crippen LogP) is 1.72. The van der Waals surface area contributed by atoms with E-state index in [1.165, 1.54) is 0 Å². The molecule has 2 aromatic rings. The highest BCUT2D eigenvalue weighted by Gasteiger charge is 2.21. The van der Waals surface area contributed by atoms with Gasteiger partial charge in [-0.15, -0.1) is 5.10 Å². The summed E-state index contributed by atoms with van der Waals surface area (Å²) < 4.78 is 1.78. The Kier molecular flexibility index (Phi) is 3.76. The Morgan fingerprint density at radius 2 is 2.10 bits per heavy atom.